The summed E-state index contributed by atoms with van der Waals surface area (Å²) in [5.74, 6) is 2.79. The van der Waals surface area contributed by atoms with Gasteiger partial charge in [-0.2, -0.15) is 0 Å². The van der Waals surface area contributed by atoms with Crippen LogP contribution in [0.4, 0.5) is 0 Å². The predicted octanol–water partition coefficient (Wildman–Crippen LogP) is 4.02. The first kappa shape index (κ1) is 11.4. The topological polar surface area (TPSA) is 9.23 Å². The Hall–Kier alpha value is -0.0400. The van der Waals surface area contributed by atoms with Crippen molar-refractivity contribution in [3.63, 3.8) is 0 Å². The van der Waals surface area contributed by atoms with E-state index >= 15 is 0 Å². The average molecular weight is 210 g/mol. The zero-order valence-corrected chi connectivity index (χ0v) is 10.4. The van der Waals surface area contributed by atoms with Crippen molar-refractivity contribution in [2.24, 2.45) is 17.8 Å². The van der Waals surface area contributed by atoms with Crippen molar-refractivity contribution in [3.8, 4) is 0 Å². The Balaban J connectivity index is 1.79. The zero-order valence-electron chi connectivity index (χ0n) is 10.4. The predicted molar refractivity (Wildman–Crippen MR) is 63.9 cm³/mol. The molecule has 2 unspecified atom stereocenters. The van der Waals surface area contributed by atoms with Gasteiger partial charge in [0.25, 0.3) is 0 Å². The van der Waals surface area contributed by atoms with E-state index in [2.05, 4.69) is 13.8 Å². The van der Waals surface area contributed by atoms with Gasteiger partial charge in [-0.15, -0.1) is 0 Å². The molecule has 1 nitrogen and oxygen atoms in total. The molecule has 0 bridgehead atoms. The van der Waals surface area contributed by atoms with E-state index in [1.54, 1.807) is 0 Å². The molecule has 0 aromatic rings. The monoisotopic (exact) mass is 210 g/mol. The molecule has 2 fully saturated rings. The minimum atomic E-state index is 0.583. The molecule has 0 aromatic carbocycles. The van der Waals surface area contributed by atoms with Crippen LogP contribution in [0.1, 0.15) is 58.8 Å². The molecule has 1 heteroatoms. The Labute approximate surface area is 94.6 Å². The minimum absolute atomic E-state index is 0.583. The fourth-order valence-electron chi connectivity index (χ4n) is 3.32. The van der Waals surface area contributed by atoms with Crippen LogP contribution < -0.4 is 0 Å². The minimum Gasteiger partial charge on any atom is -0.378 e. The molecule has 1 saturated carbocycles. The Bertz CT molecular complexity index is 190. The maximum absolute atomic E-state index is 5.90. The second-order valence-electron chi connectivity index (χ2n) is 5.88. The quantitative estimate of drug-likeness (QED) is 0.669. The summed E-state index contributed by atoms with van der Waals surface area (Å²) in [7, 11) is 0. The standard InChI is InChI=1S/C14H26O/c1-11-7-8-15-14(9-11)10-13-6-4-3-5-12(13)2/h11-14H,3-10H2,1-2H3/t11-,12?,13-,14?/m1/s1. The molecule has 0 aromatic heterocycles. The normalized spacial score (nSPS) is 42.8. The lowest BCUT2D eigenvalue weighted by atomic mass is 9.76. The van der Waals surface area contributed by atoms with Crippen molar-refractivity contribution in [2.75, 3.05) is 6.61 Å². The van der Waals surface area contributed by atoms with Crippen molar-refractivity contribution in [1.82, 2.24) is 0 Å². The lowest BCUT2D eigenvalue weighted by Gasteiger charge is -2.34. The van der Waals surface area contributed by atoms with E-state index < -0.39 is 0 Å². The summed E-state index contributed by atoms with van der Waals surface area (Å²) in [6, 6.07) is 0. The molecule has 2 rings (SSSR count). The van der Waals surface area contributed by atoms with Crippen molar-refractivity contribution in [2.45, 2.75) is 64.9 Å². The third kappa shape index (κ3) is 3.21. The van der Waals surface area contributed by atoms with Gasteiger partial charge in [0.1, 0.15) is 0 Å². The molecule has 1 saturated heterocycles. The number of hydrogen-bond acceptors (Lipinski definition) is 1. The largest absolute Gasteiger partial charge is 0.378 e. The SMILES string of the molecule is CC1CCCC[C@@H]1CC1C[C@H](C)CCO1. The summed E-state index contributed by atoms with van der Waals surface area (Å²) < 4.78 is 5.90. The van der Waals surface area contributed by atoms with Crippen molar-refractivity contribution < 1.29 is 4.74 Å². The van der Waals surface area contributed by atoms with E-state index in [0.717, 1.165) is 24.4 Å². The molecule has 0 N–H and O–H groups in total. The summed E-state index contributed by atoms with van der Waals surface area (Å²) in [6.45, 7) is 5.82. The van der Waals surface area contributed by atoms with Gasteiger partial charge >= 0.3 is 0 Å². The maximum atomic E-state index is 5.90. The molecule has 2 aliphatic rings. The summed E-state index contributed by atoms with van der Waals surface area (Å²) in [4.78, 5) is 0. The number of rotatable bonds is 2. The van der Waals surface area contributed by atoms with Gasteiger partial charge < -0.3 is 4.74 Å². The summed E-state index contributed by atoms with van der Waals surface area (Å²) in [5.41, 5.74) is 0. The van der Waals surface area contributed by atoms with E-state index in [-0.39, 0.29) is 0 Å². The maximum Gasteiger partial charge on any atom is 0.0580 e. The van der Waals surface area contributed by atoms with Crippen LogP contribution in [-0.4, -0.2) is 12.7 Å². The van der Waals surface area contributed by atoms with Gasteiger partial charge in [-0.25, -0.2) is 0 Å². The first-order valence-electron chi connectivity index (χ1n) is 6.87. The molecular weight excluding hydrogens is 184 g/mol. The van der Waals surface area contributed by atoms with E-state index in [0.29, 0.717) is 6.10 Å². The lowest BCUT2D eigenvalue weighted by molar-refractivity contribution is -0.0254. The zero-order chi connectivity index (χ0) is 10.7. The first-order chi connectivity index (χ1) is 7.25. The van der Waals surface area contributed by atoms with Gasteiger partial charge in [-0.05, 0) is 37.0 Å². The van der Waals surface area contributed by atoms with Crippen molar-refractivity contribution >= 4 is 0 Å². The van der Waals surface area contributed by atoms with Gasteiger partial charge in [0, 0.05) is 6.61 Å². The average Bonchev–Trinajstić information content (AvgIpc) is 2.22. The highest BCUT2D eigenvalue weighted by Crippen LogP contribution is 2.35. The van der Waals surface area contributed by atoms with Gasteiger partial charge in [0.2, 0.25) is 0 Å². The third-order valence-electron chi connectivity index (χ3n) is 4.48. The number of hydrogen-bond donors (Lipinski definition) is 0. The van der Waals surface area contributed by atoms with E-state index in [4.69, 9.17) is 4.74 Å². The molecule has 4 atom stereocenters. The highest BCUT2D eigenvalue weighted by molar-refractivity contribution is 4.78. The molecule has 0 radical (unpaired) electrons. The van der Waals surface area contributed by atoms with Gasteiger partial charge in [-0.1, -0.05) is 39.5 Å². The van der Waals surface area contributed by atoms with E-state index in [9.17, 15) is 0 Å². The molecule has 1 aliphatic carbocycles. The first-order valence-corrected chi connectivity index (χ1v) is 6.87. The van der Waals surface area contributed by atoms with Crippen LogP contribution in [0.5, 0.6) is 0 Å². The third-order valence-corrected chi connectivity index (χ3v) is 4.48. The summed E-state index contributed by atoms with van der Waals surface area (Å²) in [5, 5.41) is 0. The Morgan fingerprint density at radius 1 is 1.07 bits per heavy atom. The summed E-state index contributed by atoms with van der Waals surface area (Å²) >= 11 is 0. The van der Waals surface area contributed by atoms with Gasteiger partial charge in [0.15, 0.2) is 0 Å². The van der Waals surface area contributed by atoms with Crippen LogP contribution in [0.3, 0.4) is 0 Å². The fourth-order valence-corrected chi connectivity index (χ4v) is 3.32. The smallest absolute Gasteiger partial charge is 0.0580 e. The van der Waals surface area contributed by atoms with Gasteiger partial charge in [0.05, 0.1) is 6.10 Å². The molecule has 0 spiro atoms. The molecular formula is C14H26O. The molecule has 0 amide bonds. The Morgan fingerprint density at radius 2 is 1.87 bits per heavy atom. The Morgan fingerprint density at radius 3 is 2.60 bits per heavy atom. The Kier molecular flexibility index (Phi) is 4.07. The number of ether oxygens (including phenoxy) is 1. The molecule has 88 valence electrons. The van der Waals surface area contributed by atoms with Crippen LogP contribution in [0.25, 0.3) is 0 Å². The van der Waals surface area contributed by atoms with Crippen LogP contribution >= 0.6 is 0 Å². The van der Waals surface area contributed by atoms with Gasteiger partial charge in [-0.3, -0.25) is 0 Å². The second-order valence-corrected chi connectivity index (χ2v) is 5.88. The molecule has 1 aliphatic heterocycles. The van der Waals surface area contributed by atoms with E-state index in [1.165, 1.54) is 44.9 Å². The molecule has 1 heterocycles. The molecule has 15 heavy (non-hydrogen) atoms. The van der Waals surface area contributed by atoms with Crippen molar-refractivity contribution in [3.05, 3.63) is 0 Å². The highest BCUT2D eigenvalue weighted by atomic mass is 16.5. The summed E-state index contributed by atoms with van der Waals surface area (Å²) in [6.07, 6.45) is 10.3. The van der Waals surface area contributed by atoms with Crippen molar-refractivity contribution in [1.29, 1.82) is 0 Å². The van der Waals surface area contributed by atoms with Crippen LogP contribution in [-0.2, 0) is 4.74 Å². The second kappa shape index (κ2) is 5.34. The lowest BCUT2D eigenvalue weighted by Crippen LogP contribution is -2.29. The fraction of sp³-hybridized carbons (Fsp3) is 1.00. The van der Waals surface area contributed by atoms with Crippen LogP contribution in [0.15, 0.2) is 0 Å². The van der Waals surface area contributed by atoms with E-state index in [1.807, 2.05) is 0 Å². The van der Waals surface area contributed by atoms with Crippen LogP contribution in [0, 0.1) is 17.8 Å². The van der Waals surface area contributed by atoms with Crippen LogP contribution in [0.2, 0.25) is 0 Å². The highest BCUT2D eigenvalue weighted by Gasteiger charge is 2.27.